The van der Waals surface area contributed by atoms with E-state index in [9.17, 15) is 0 Å². The van der Waals surface area contributed by atoms with E-state index < -0.39 is 0 Å². The number of hydrogen-bond acceptors (Lipinski definition) is 3. The predicted octanol–water partition coefficient (Wildman–Crippen LogP) is 2.77. The number of rotatable bonds is 5. The number of H-pyrrole nitrogens is 1. The summed E-state index contributed by atoms with van der Waals surface area (Å²) in [6.45, 7) is 6.39. The van der Waals surface area contributed by atoms with Crippen molar-refractivity contribution >= 4 is 22.3 Å². The van der Waals surface area contributed by atoms with Crippen LogP contribution in [-0.2, 0) is 0 Å². The highest BCUT2D eigenvalue weighted by molar-refractivity contribution is 5.88. The lowest BCUT2D eigenvalue weighted by Gasteiger charge is -2.24. The molecule has 0 radical (unpaired) electrons. The second-order valence-electron chi connectivity index (χ2n) is 4.30. The lowest BCUT2D eigenvalue weighted by Crippen LogP contribution is -2.24. The molecule has 0 unspecified atom stereocenters. The van der Waals surface area contributed by atoms with Crippen LogP contribution in [0.5, 0.6) is 0 Å². The highest BCUT2D eigenvalue weighted by atomic mass is 15.1. The van der Waals surface area contributed by atoms with E-state index in [0.717, 1.165) is 35.4 Å². The maximum Gasteiger partial charge on any atom is 0.0672 e. The number of anilines is 2. The van der Waals surface area contributed by atoms with Crippen LogP contribution in [0.3, 0.4) is 0 Å². The van der Waals surface area contributed by atoms with Gasteiger partial charge in [0.2, 0.25) is 0 Å². The summed E-state index contributed by atoms with van der Waals surface area (Å²) in [6.07, 6.45) is 4.19. The molecule has 3 N–H and O–H groups in total. The van der Waals surface area contributed by atoms with Crippen molar-refractivity contribution in [3.63, 3.8) is 0 Å². The average molecular weight is 232 g/mol. The summed E-state index contributed by atoms with van der Waals surface area (Å²) in [5.41, 5.74) is 9.10. The Labute approximate surface area is 102 Å². The van der Waals surface area contributed by atoms with Crippen LogP contribution in [-0.4, -0.2) is 23.3 Å². The van der Waals surface area contributed by atoms with Crippen LogP contribution in [0.15, 0.2) is 18.3 Å². The van der Waals surface area contributed by atoms with Crippen molar-refractivity contribution in [1.29, 1.82) is 0 Å². The summed E-state index contributed by atoms with van der Waals surface area (Å²) in [7, 11) is 0. The van der Waals surface area contributed by atoms with E-state index in [1.807, 2.05) is 6.07 Å². The van der Waals surface area contributed by atoms with Crippen LogP contribution < -0.4 is 10.6 Å². The van der Waals surface area contributed by atoms with Crippen molar-refractivity contribution in [2.75, 3.05) is 23.7 Å². The number of benzene rings is 1. The van der Waals surface area contributed by atoms with Gasteiger partial charge in [-0.3, -0.25) is 5.10 Å². The molecule has 0 saturated carbocycles. The molecular weight excluding hydrogens is 212 g/mol. The van der Waals surface area contributed by atoms with Crippen LogP contribution in [0.4, 0.5) is 11.4 Å². The summed E-state index contributed by atoms with van der Waals surface area (Å²) in [6, 6.07) is 4.08. The van der Waals surface area contributed by atoms with Gasteiger partial charge in [0.1, 0.15) is 0 Å². The molecule has 0 bridgehead atoms. The molecule has 0 spiro atoms. The van der Waals surface area contributed by atoms with Gasteiger partial charge in [-0.25, -0.2) is 0 Å². The van der Waals surface area contributed by atoms with Gasteiger partial charge in [0.05, 0.1) is 23.1 Å². The number of hydrogen-bond donors (Lipinski definition) is 2. The normalized spacial score (nSPS) is 10.9. The van der Waals surface area contributed by atoms with Crippen molar-refractivity contribution < 1.29 is 0 Å². The zero-order valence-electron chi connectivity index (χ0n) is 10.5. The summed E-state index contributed by atoms with van der Waals surface area (Å²) >= 11 is 0. The van der Waals surface area contributed by atoms with Gasteiger partial charge in [0.15, 0.2) is 0 Å². The van der Waals surface area contributed by atoms with Gasteiger partial charge in [0, 0.05) is 18.5 Å². The molecule has 0 aliphatic heterocycles. The minimum absolute atomic E-state index is 0.830. The Balaban J connectivity index is 2.34. The van der Waals surface area contributed by atoms with E-state index in [4.69, 9.17) is 5.73 Å². The maximum atomic E-state index is 6.11. The SMILES string of the molecule is CCCCN(CC)c1cc2[nH]ncc2cc1N. The monoisotopic (exact) mass is 232 g/mol. The fourth-order valence-corrected chi connectivity index (χ4v) is 2.07. The molecule has 0 saturated heterocycles. The number of nitrogens with one attached hydrogen (secondary N) is 1. The zero-order valence-corrected chi connectivity index (χ0v) is 10.5. The molecule has 92 valence electrons. The minimum atomic E-state index is 0.830. The number of aromatic nitrogens is 2. The molecule has 0 aliphatic carbocycles. The second kappa shape index (κ2) is 5.08. The molecule has 17 heavy (non-hydrogen) atoms. The lowest BCUT2D eigenvalue weighted by atomic mass is 10.1. The van der Waals surface area contributed by atoms with Crippen LogP contribution >= 0.6 is 0 Å². The van der Waals surface area contributed by atoms with E-state index in [2.05, 4.69) is 35.0 Å². The zero-order chi connectivity index (χ0) is 12.3. The largest absolute Gasteiger partial charge is 0.397 e. The van der Waals surface area contributed by atoms with Gasteiger partial charge >= 0.3 is 0 Å². The van der Waals surface area contributed by atoms with E-state index in [1.165, 1.54) is 12.8 Å². The molecule has 2 rings (SSSR count). The van der Waals surface area contributed by atoms with E-state index in [-0.39, 0.29) is 0 Å². The van der Waals surface area contributed by atoms with Crippen molar-refractivity contribution in [2.24, 2.45) is 0 Å². The van der Waals surface area contributed by atoms with Crippen LogP contribution in [0.25, 0.3) is 10.9 Å². The van der Waals surface area contributed by atoms with E-state index >= 15 is 0 Å². The Hall–Kier alpha value is -1.71. The number of nitrogens with zero attached hydrogens (tertiary/aromatic N) is 2. The Morgan fingerprint density at radius 3 is 2.88 bits per heavy atom. The Bertz CT molecular complexity index is 489. The fraction of sp³-hybridized carbons (Fsp3) is 0.462. The molecule has 0 amide bonds. The van der Waals surface area contributed by atoms with Gasteiger partial charge in [-0.05, 0) is 25.5 Å². The minimum Gasteiger partial charge on any atom is -0.397 e. The maximum absolute atomic E-state index is 6.11. The van der Waals surface area contributed by atoms with Gasteiger partial charge in [-0.1, -0.05) is 13.3 Å². The smallest absolute Gasteiger partial charge is 0.0672 e. The lowest BCUT2D eigenvalue weighted by molar-refractivity contribution is 0.733. The van der Waals surface area contributed by atoms with Gasteiger partial charge in [0.25, 0.3) is 0 Å². The Morgan fingerprint density at radius 1 is 1.35 bits per heavy atom. The summed E-state index contributed by atoms with van der Waals surface area (Å²) in [5, 5.41) is 8.09. The van der Waals surface area contributed by atoms with Crippen LogP contribution in [0.2, 0.25) is 0 Å². The molecular formula is C13H20N4. The summed E-state index contributed by atoms with van der Waals surface area (Å²) in [4.78, 5) is 2.32. The molecule has 1 aromatic carbocycles. The fourth-order valence-electron chi connectivity index (χ4n) is 2.07. The number of aromatic amines is 1. The van der Waals surface area contributed by atoms with Gasteiger partial charge in [-0.15, -0.1) is 0 Å². The third kappa shape index (κ3) is 2.35. The third-order valence-corrected chi connectivity index (χ3v) is 3.09. The van der Waals surface area contributed by atoms with E-state index in [0.29, 0.717) is 0 Å². The predicted molar refractivity (Wildman–Crippen MR) is 73.3 cm³/mol. The van der Waals surface area contributed by atoms with Crippen molar-refractivity contribution in [3.05, 3.63) is 18.3 Å². The number of nitrogen functional groups attached to an aromatic ring is 1. The Morgan fingerprint density at radius 2 is 2.18 bits per heavy atom. The highest BCUT2D eigenvalue weighted by Gasteiger charge is 2.09. The molecule has 0 atom stereocenters. The number of fused-ring (bicyclic) bond motifs is 1. The molecule has 0 aliphatic rings. The van der Waals surface area contributed by atoms with Crippen molar-refractivity contribution in [2.45, 2.75) is 26.7 Å². The average Bonchev–Trinajstić information content (AvgIpc) is 2.77. The first-order chi connectivity index (χ1) is 8.26. The molecule has 0 fully saturated rings. The molecule has 1 aromatic heterocycles. The van der Waals surface area contributed by atoms with Gasteiger partial charge < -0.3 is 10.6 Å². The number of nitrogens with two attached hydrogens (primary N) is 1. The quantitative estimate of drug-likeness (QED) is 0.779. The van der Waals surface area contributed by atoms with Crippen molar-refractivity contribution in [3.8, 4) is 0 Å². The van der Waals surface area contributed by atoms with Crippen LogP contribution in [0, 0.1) is 0 Å². The molecule has 4 nitrogen and oxygen atoms in total. The first-order valence-corrected chi connectivity index (χ1v) is 6.23. The second-order valence-corrected chi connectivity index (χ2v) is 4.30. The summed E-state index contributed by atoms with van der Waals surface area (Å²) in [5.74, 6) is 0. The topological polar surface area (TPSA) is 57.9 Å². The highest BCUT2D eigenvalue weighted by Crippen LogP contribution is 2.28. The van der Waals surface area contributed by atoms with Gasteiger partial charge in [-0.2, -0.15) is 5.10 Å². The first-order valence-electron chi connectivity index (χ1n) is 6.23. The molecule has 2 aromatic rings. The van der Waals surface area contributed by atoms with Crippen molar-refractivity contribution in [1.82, 2.24) is 10.2 Å². The standard InChI is InChI=1S/C13H20N4/c1-3-5-6-17(4-2)13-8-12-10(7-11(13)14)9-15-16-12/h7-9H,3-6,14H2,1-2H3,(H,15,16). The van der Waals surface area contributed by atoms with E-state index in [1.54, 1.807) is 6.20 Å². The first kappa shape index (κ1) is 11.8. The third-order valence-electron chi connectivity index (χ3n) is 3.09. The number of unbranched alkanes of at least 4 members (excludes halogenated alkanes) is 1. The molecule has 1 heterocycles. The Kier molecular flexibility index (Phi) is 3.52. The van der Waals surface area contributed by atoms with Crippen LogP contribution in [0.1, 0.15) is 26.7 Å². The summed E-state index contributed by atoms with van der Waals surface area (Å²) < 4.78 is 0. The molecule has 4 heteroatoms.